The molecule has 0 saturated heterocycles. The second-order valence-corrected chi connectivity index (χ2v) is 3.28. The van der Waals surface area contributed by atoms with Crippen LogP contribution in [0.2, 0.25) is 5.02 Å². The van der Waals surface area contributed by atoms with E-state index >= 15 is 0 Å². The summed E-state index contributed by atoms with van der Waals surface area (Å²) in [7, 11) is 0. The van der Waals surface area contributed by atoms with Crippen LogP contribution >= 0.6 is 23.2 Å². The summed E-state index contributed by atoms with van der Waals surface area (Å²) in [6, 6.07) is 4.41. The number of aliphatic imine (C=N–C) groups is 1. The third-order valence-corrected chi connectivity index (χ3v) is 2.13. The minimum Gasteiger partial charge on any atom is -0.386 e. The average molecular weight is 248 g/mol. The van der Waals surface area contributed by atoms with Crippen molar-refractivity contribution in [3.05, 3.63) is 33.3 Å². The van der Waals surface area contributed by atoms with Gasteiger partial charge in [0.15, 0.2) is 0 Å². The summed E-state index contributed by atoms with van der Waals surface area (Å²) in [5.41, 5.74) is 5.21. The van der Waals surface area contributed by atoms with Gasteiger partial charge in [0.25, 0.3) is 0 Å². The fourth-order valence-electron chi connectivity index (χ4n) is 0.960. The Morgan fingerprint density at radius 1 is 1.60 bits per heavy atom. The van der Waals surface area contributed by atoms with Crippen LogP contribution < -0.4 is 5.73 Å². The fraction of sp³-hybridized carbons (Fsp3) is 0.125. The molecule has 0 amide bonds. The molecule has 0 heterocycles. The van der Waals surface area contributed by atoms with E-state index in [9.17, 15) is 10.1 Å². The van der Waals surface area contributed by atoms with Crippen molar-refractivity contribution in [2.75, 3.05) is 5.88 Å². The lowest BCUT2D eigenvalue weighted by Gasteiger charge is -2.00. The number of para-hydroxylation sites is 1. The summed E-state index contributed by atoms with van der Waals surface area (Å²) in [6.45, 7) is 0. The van der Waals surface area contributed by atoms with E-state index in [0.717, 1.165) is 0 Å². The molecule has 1 aromatic carbocycles. The quantitative estimate of drug-likeness (QED) is 0.293. The zero-order chi connectivity index (χ0) is 11.4. The van der Waals surface area contributed by atoms with Crippen molar-refractivity contribution in [2.45, 2.75) is 0 Å². The number of benzene rings is 1. The maximum Gasteiger partial charge on any atom is 0.313 e. The minimum absolute atomic E-state index is 0.00364. The Morgan fingerprint density at radius 2 is 2.27 bits per heavy atom. The lowest BCUT2D eigenvalue weighted by Crippen LogP contribution is -2.12. The van der Waals surface area contributed by atoms with Crippen molar-refractivity contribution in [2.24, 2.45) is 10.7 Å². The Labute approximate surface area is 95.7 Å². The van der Waals surface area contributed by atoms with Gasteiger partial charge in [-0.2, -0.15) is 0 Å². The molecule has 1 aromatic rings. The number of halogens is 2. The second kappa shape index (κ2) is 4.95. The van der Waals surface area contributed by atoms with E-state index in [1.807, 2.05) is 0 Å². The number of nitrogens with zero attached hydrogens (tertiary/aromatic N) is 2. The van der Waals surface area contributed by atoms with Crippen LogP contribution in [0, 0.1) is 10.1 Å². The predicted octanol–water partition coefficient (Wildman–Crippen LogP) is 2.48. The van der Waals surface area contributed by atoms with Crippen molar-refractivity contribution in [3.8, 4) is 0 Å². The Balaban J connectivity index is 3.29. The molecule has 1 rings (SSSR count). The third-order valence-electron chi connectivity index (χ3n) is 1.55. The molecule has 0 aromatic heterocycles. The monoisotopic (exact) mass is 247 g/mol. The first-order chi connectivity index (χ1) is 7.06. The van der Waals surface area contributed by atoms with E-state index in [-0.39, 0.29) is 28.1 Å². The molecule has 0 fully saturated rings. The molecule has 80 valence electrons. The first-order valence-corrected chi connectivity index (χ1v) is 4.79. The van der Waals surface area contributed by atoms with Gasteiger partial charge in [-0.1, -0.05) is 17.7 Å². The van der Waals surface area contributed by atoms with Gasteiger partial charge in [-0.05, 0) is 12.1 Å². The maximum absolute atomic E-state index is 10.7. The van der Waals surface area contributed by atoms with Crippen LogP contribution in [0.4, 0.5) is 11.4 Å². The molecule has 0 aliphatic carbocycles. The zero-order valence-electron chi connectivity index (χ0n) is 7.48. The van der Waals surface area contributed by atoms with Gasteiger partial charge in [-0.3, -0.25) is 10.1 Å². The predicted molar refractivity (Wildman–Crippen MR) is 60.1 cm³/mol. The van der Waals surface area contributed by atoms with E-state index in [0.29, 0.717) is 0 Å². The third kappa shape index (κ3) is 2.81. The lowest BCUT2D eigenvalue weighted by molar-refractivity contribution is -0.383. The molecule has 5 nitrogen and oxygen atoms in total. The maximum atomic E-state index is 10.7. The number of alkyl halides is 1. The molecule has 0 aliphatic heterocycles. The highest BCUT2D eigenvalue weighted by atomic mass is 35.5. The largest absolute Gasteiger partial charge is 0.386 e. The summed E-state index contributed by atoms with van der Waals surface area (Å²) in [5.74, 6) is 0.103. The molecule has 0 atom stereocenters. The van der Waals surface area contributed by atoms with Gasteiger partial charge in [-0.15, -0.1) is 11.6 Å². The molecule has 0 unspecified atom stereocenters. The highest BCUT2D eigenvalue weighted by molar-refractivity contribution is 6.33. The lowest BCUT2D eigenvalue weighted by atomic mass is 10.3. The summed E-state index contributed by atoms with van der Waals surface area (Å²) in [5, 5.41) is 10.7. The highest BCUT2D eigenvalue weighted by Gasteiger charge is 2.17. The fourth-order valence-corrected chi connectivity index (χ4v) is 1.26. The molecule has 0 radical (unpaired) electrons. The molecule has 2 N–H and O–H groups in total. The Bertz CT molecular complexity index is 420. The van der Waals surface area contributed by atoms with E-state index in [1.165, 1.54) is 12.1 Å². The molecular weight excluding hydrogens is 241 g/mol. The number of hydrogen-bond donors (Lipinski definition) is 1. The standard InChI is InChI=1S/C8H7Cl2N3O2/c9-4-7(11)12-6-3-1-2-5(10)8(6)13(14)15/h1-3H,4H2,(H2,11,12). The average Bonchev–Trinajstić information content (AvgIpc) is 2.17. The minimum atomic E-state index is -0.608. The van der Waals surface area contributed by atoms with Crippen LogP contribution in [-0.4, -0.2) is 16.6 Å². The van der Waals surface area contributed by atoms with Crippen LogP contribution in [-0.2, 0) is 0 Å². The van der Waals surface area contributed by atoms with Gasteiger partial charge in [0.05, 0.1) is 10.8 Å². The Morgan fingerprint density at radius 3 is 2.80 bits per heavy atom. The van der Waals surface area contributed by atoms with E-state index < -0.39 is 4.92 Å². The summed E-state index contributed by atoms with van der Waals surface area (Å²) in [4.78, 5) is 13.9. The number of amidine groups is 1. The molecule has 0 aliphatic rings. The number of nitrogens with two attached hydrogens (primary N) is 1. The smallest absolute Gasteiger partial charge is 0.313 e. The highest BCUT2D eigenvalue weighted by Crippen LogP contribution is 2.34. The van der Waals surface area contributed by atoms with Crippen LogP contribution in [0.25, 0.3) is 0 Å². The molecule has 7 heteroatoms. The zero-order valence-corrected chi connectivity index (χ0v) is 9.00. The normalized spacial score (nSPS) is 11.5. The van der Waals surface area contributed by atoms with Gasteiger partial charge >= 0.3 is 5.69 Å². The molecular formula is C8H7Cl2N3O2. The second-order valence-electron chi connectivity index (χ2n) is 2.60. The van der Waals surface area contributed by atoms with Crippen molar-refractivity contribution < 1.29 is 4.92 Å². The Hall–Kier alpha value is -1.33. The number of rotatable bonds is 3. The van der Waals surface area contributed by atoms with Gasteiger partial charge in [0.2, 0.25) is 0 Å². The van der Waals surface area contributed by atoms with E-state index in [2.05, 4.69) is 4.99 Å². The van der Waals surface area contributed by atoms with Gasteiger partial charge in [0.1, 0.15) is 16.5 Å². The summed E-state index contributed by atoms with van der Waals surface area (Å²) in [6.07, 6.45) is 0. The molecule has 0 bridgehead atoms. The first-order valence-electron chi connectivity index (χ1n) is 3.88. The van der Waals surface area contributed by atoms with Gasteiger partial charge < -0.3 is 5.73 Å². The number of nitro groups is 1. The van der Waals surface area contributed by atoms with Crippen molar-refractivity contribution >= 4 is 40.4 Å². The van der Waals surface area contributed by atoms with Crippen molar-refractivity contribution in [3.63, 3.8) is 0 Å². The van der Waals surface area contributed by atoms with E-state index in [4.69, 9.17) is 28.9 Å². The van der Waals surface area contributed by atoms with Crippen LogP contribution in [0.3, 0.4) is 0 Å². The molecule has 15 heavy (non-hydrogen) atoms. The van der Waals surface area contributed by atoms with Gasteiger partial charge in [0, 0.05) is 0 Å². The molecule has 0 saturated carbocycles. The van der Waals surface area contributed by atoms with Crippen LogP contribution in [0.1, 0.15) is 0 Å². The summed E-state index contributed by atoms with van der Waals surface area (Å²) < 4.78 is 0. The van der Waals surface area contributed by atoms with Crippen LogP contribution in [0.5, 0.6) is 0 Å². The SMILES string of the molecule is NC(CCl)=Nc1cccc(Cl)c1[N+](=O)[O-]. The summed E-state index contributed by atoms with van der Waals surface area (Å²) >= 11 is 11.1. The number of nitro benzene ring substituents is 1. The topological polar surface area (TPSA) is 81.5 Å². The Kier molecular flexibility index (Phi) is 3.88. The van der Waals surface area contributed by atoms with E-state index in [1.54, 1.807) is 6.07 Å². The molecule has 0 spiro atoms. The van der Waals surface area contributed by atoms with Gasteiger partial charge in [-0.25, -0.2) is 4.99 Å². The van der Waals surface area contributed by atoms with Crippen LogP contribution in [0.15, 0.2) is 23.2 Å². The number of hydrogen-bond acceptors (Lipinski definition) is 3. The van der Waals surface area contributed by atoms with Crippen molar-refractivity contribution in [1.82, 2.24) is 0 Å². The van der Waals surface area contributed by atoms with Crippen molar-refractivity contribution in [1.29, 1.82) is 0 Å². The first kappa shape index (κ1) is 11.7.